The lowest BCUT2D eigenvalue weighted by atomic mass is 9.92. The minimum atomic E-state index is -2.82. The molecule has 1 aromatic rings. The summed E-state index contributed by atoms with van der Waals surface area (Å²) in [5, 5.41) is 6.26. The molecule has 1 amide bonds. The maximum Gasteiger partial charge on any atom is 0.387 e. The maximum absolute atomic E-state index is 12.2. The summed E-state index contributed by atoms with van der Waals surface area (Å²) in [7, 11) is 0. The van der Waals surface area contributed by atoms with Gasteiger partial charge in [-0.25, -0.2) is 0 Å². The molecule has 1 saturated heterocycles. The molecule has 6 heteroatoms. The van der Waals surface area contributed by atoms with Crippen LogP contribution in [0.2, 0.25) is 0 Å². The van der Waals surface area contributed by atoms with Gasteiger partial charge in [-0.05, 0) is 55.5 Å². The Morgan fingerprint density at radius 2 is 2.00 bits per heavy atom. The Hall–Kier alpha value is -1.69. The second-order valence-corrected chi connectivity index (χ2v) is 6.11. The number of halogens is 2. The third kappa shape index (κ3) is 3.38. The zero-order valence-electron chi connectivity index (χ0n) is 12.3. The Kier molecular flexibility index (Phi) is 4.29. The van der Waals surface area contributed by atoms with E-state index in [0.717, 1.165) is 37.9 Å². The number of alkyl halides is 2. The van der Waals surface area contributed by atoms with E-state index in [0.29, 0.717) is 6.54 Å². The van der Waals surface area contributed by atoms with Crippen LogP contribution in [0.5, 0.6) is 5.75 Å². The van der Waals surface area contributed by atoms with E-state index in [9.17, 15) is 13.6 Å². The van der Waals surface area contributed by atoms with Crippen LogP contribution >= 0.6 is 0 Å². The molecule has 3 rings (SSSR count). The van der Waals surface area contributed by atoms with Gasteiger partial charge in [-0.3, -0.25) is 4.79 Å². The Labute approximate surface area is 128 Å². The molecule has 0 radical (unpaired) electrons. The van der Waals surface area contributed by atoms with Crippen molar-refractivity contribution in [3.05, 3.63) is 29.8 Å². The molecule has 2 fully saturated rings. The first-order chi connectivity index (χ1) is 10.6. The zero-order valence-corrected chi connectivity index (χ0v) is 12.3. The second-order valence-electron chi connectivity index (χ2n) is 6.11. The predicted octanol–water partition coefficient (Wildman–Crippen LogP) is 2.29. The van der Waals surface area contributed by atoms with Crippen molar-refractivity contribution >= 4 is 5.91 Å². The van der Waals surface area contributed by atoms with Crippen LogP contribution in [0.3, 0.4) is 0 Å². The first-order valence-corrected chi connectivity index (χ1v) is 7.61. The Morgan fingerprint density at radius 3 is 2.64 bits per heavy atom. The van der Waals surface area contributed by atoms with Crippen molar-refractivity contribution in [2.24, 2.45) is 11.3 Å². The summed E-state index contributed by atoms with van der Waals surface area (Å²) < 4.78 is 28.4. The number of hydrogen-bond donors (Lipinski definition) is 2. The van der Waals surface area contributed by atoms with Crippen molar-refractivity contribution in [3.8, 4) is 5.75 Å². The van der Waals surface area contributed by atoms with Crippen molar-refractivity contribution < 1.29 is 18.3 Å². The topological polar surface area (TPSA) is 50.4 Å². The lowest BCUT2D eigenvalue weighted by Gasteiger charge is -2.23. The van der Waals surface area contributed by atoms with Gasteiger partial charge in [0.2, 0.25) is 5.91 Å². The lowest BCUT2D eigenvalue weighted by molar-refractivity contribution is -0.123. The molecule has 22 heavy (non-hydrogen) atoms. The summed E-state index contributed by atoms with van der Waals surface area (Å²) in [5.41, 5.74) is 1.10. The number of amides is 1. The first-order valence-electron chi connectivity index (χ1n) is 7.61. The highest BCUT2D eigenvalue weighted by atomic mass is 19.3. The third-order valence-corrected chi connectivity index (χ3v) is 4.72. The van der Waals surface area contributed by atoms with Gasteiger partial charge >= 0.3 is 6.61 Å². The van der Waals surface area contributed by atoms with E-state index >= 15 is 0 Å². The molecule has 0 aromatic heterocycles. The Morgan fingerprint density at radius 1 is 1.32 bits per heavy atom. The molecule has 1 aromatic carbocycles. The van der Waals surface area contributed by atoms with Gasteiger partial charge in [-0.15, -0.1) is 0 Å². The largest absolute Gasteiger partial charge is 0.435 e. The van der Waals surface area contributed by atoms with Crippen molar-refractivity contribution in [2.75, 3.05) is 13.1 Å². The molecular formula is C16H20F2N2O2. The molecule has 1 atom stereocenters. The van der Waals surface area contributed by atoms with Crippen molar-refractivity contribution in [1.29, 1.82) is 0 Å². The minimum absolute atomic E-state index is 0.106. The molecule has 1 aliphatic carbocycles. The summed E-state index contributed by atoms with van der Waals surface area (Å²) >= 11 is 0. The van der Waals surface area contributed by atoms with E-state index in [1.807, 2.05) is 0 Å². The van der Waals surface area contributed by atoms with Gasteiger partial charge in [0.25, 0.3) is 0 Å². The van der Waals surface area contributed by atoms with Gasteiger partial charge in [-0.2, -0.15) is 8.78 Å². The highest BCUT2D eigenvalue weighted by molar-refractivity contribution is 5.82. The van der Waals surface area contributed by atoms with E-state index in [2.05, 4.69) is 15.4 Å². The number of rotatable bonds is 5. The number of piperidine rings is 1. The molecule has 2 aliphatic rings. The summed E-state index contributed by atoms with van der Waals surface area (Å²) in [5.74, 6) is 0.367. The van der Waals surface area contributed by atoms with Crippen LogP contribution in [0.25, 0.3) is 0 Å². The third-order valence-electron chi connectivity index (χ3n) is 4.72. The molecule has 1 heterocycles. The number of carbonyl (C=O) groups excluding carboxylic acids is 1. The van der Waals surface area contributed by atoms with Gasteiger partial charge in [0.1, 0.15) is 5.75 Å². The van der Waals surface area contributed by atoms with Gasteiger partial charge < -0.3 is 15.4 Å². The zero-order chi connectivity index (χ0) is 15.6. The molecule has 1 spiro atoms. The van der Waals surface area contributed by atoms with Crippen LogP contribution < -0.4 is 15.4 Å². The highest BCUT2D eigenvalue weighted by Gasteiger charge is 2.57. The molecule has 1 unspecified atom stereocenters. The second kappa shape index (κ2) is 6.20. The summed E-state index contributed by atoms with van der Waals surface area (Å²) in [6.45, 7) is -0.412. The van der Waals surface area contributed by atoms with Crippen molar-refractivity contribution in [3.63, 3.8) is 0 Å². The quantitative estimate of drug-likeness (QED) is 0.877. The standard InChI is InChI=1S/C16H20F2N2O2/c17-15(18)22-12-3-1-11(2-4-12)10-20-14(21)13-9-16(13)5-7-19-8-6-16/h1-4,13,15,19H,5-10H2,(H,20,21). The van der Waals surface area contributed by atoms with Gasteiger partial charge in [0.05, 0.1) is 0 Å². The normalized spacial score (nSPS) is 22.6. The fourth-order valence-electron chi connectivity index (χ4n) is 3.30. The van der Waals surface area contributed by atoms with Crippen LogP contribution in [0.15, 0.2) is 24.3 Å². The number of carbonyl (C=O) groups is 1. The van der Waals surface area contributed by atoms with Crippen molar-refractivity contribution in [1.82, 2.24) is 10.6 Å². The van der Waals surface area contributed by atoms with Gasteiger partial charge in [0.15, 0.2) is 0 Å². The maximum atomic E-state index is 12.2. The van der Waals surface area contributed by atoms with Crippen LogP contribution in [0.4, 0.5) is 8.78 Å². The van der Waals surface area contributed by atoms with E-state index in [-0.39, 0.29) is 23.0 Å². The molecule has 1 aliphatic heterocycles. The van der Waals surface area contributed by atoms with Crippen LogP contribution in [-0.4, -0.2) is 25.6 Å². The molecule has 4 nitrogen and oxygen atoms in total. The molecule has 1 saturated carbocycles. The average Bonchev–Trinajstić information content (AvgIpc) is 3.20. The fraction of sp³-hybridized carbons (Fsp3) is 0.562. The molecule has 120 valence electrons. The monoisotopic (exact) mass is 310 g/mol. The number of ether oxygens (including phenoxy) is 1. The molecule has 2 N–H and O–H groups in total. The van der Waals surface area contributed by atoms with Crippen molar-refractivity contribution in [2.45, 2.75) is 32.4 Å². The van der Waals surface area contributed by atoms with Gasteiger partial charge in [0, 0.05) is 12.5 Å². The first kappa shape index (κ1) is 15.2. The lowest BCUT2D eigenvalue weighted by Crippen LogP contribution is -2.33. The minimum Gasteiger partial charge on any atom is -0.435 e. The SMILES string of the molecule is O=C(NCc1ccc(OC(F)F)cc1)C1CC12CCNCC2. The van der Waals surface area contributed by atoms with E-state index in [4.69, 9.17) is 0 Å². The summed E-state index contributed by atoms with van der Waals surface area (Å²) in [4.78, 5) is 12.2. The van der Waals surface area contributed by atoms with E-state index in [1.54, 1.807) is 12.1 Å². The Bertz CT molecular complexity index is 527. The number of hydrogen-bond acceptors (Lipinski definition) is 3. The summed E-state index contributed by atoms with van der Waals surface area (Å²) in [6.07, 6.45) is 3.14. The van der Waals surface area contributed by atoms with Crippen LogP contribution in [0, 0.1) is 11.3 Å². The predicted molar refractivity (Wildman–Crippen MR) is 77.6 cm³/mol. The Balaban J connectivity index is 1.47. The molecule has 0 bridgehead atoms. The summed E-state index contributed by atoms with van der Waals surface area (Å²) in [6, 6.07) is 6.34. The fourth-order valence-corrected chi connectivity index (χ4v) is 3.30. The van der Waals surface area contributed by atoms with Gasteiger partial charge in [-0.1, -0.05) is 12.1 Å². The number of benzene rings is 1. The highest BCUT2D eigenvalue weighted by Crippen LogP contribution is 2.58. The number of nitrogens with one attached hydrogen (secondary N) is 2. The van der Waals surface area contributed by atoms with E-state index < -0.39 is 6.61 Å². The average molecular weight is 310 g/mol. The smallest absolute Gasteiger partial charge is 0.387 e. The van der Waals surface area contributed by atoms with E-state index in [1.165, 1.54) is 12.1 Å². The van der Waals surface area contributed by atoms with Crippen LogP contribution in [-0.2, 0) is 11.3 Å². The van der Waals surface area contributed by atoms with Crippen LogP contribution in [0.1, 0.15) is 24.8 Å². The molecular weight excluding hydrogens is 290 g/mol.